The second-order valence-electron chi connectivity index (χ2n) is 5.94. The van der Waals surface area contributed by atoms with Crippen molar-refractivity contribution in [2.75, 3.05) is 50.4 Å². The Balaban J connectivity index is 5.00. The first-order chi connectivity index (χ1) is 12.8. The van der Waals surface area contributed by atoms with E-state index in [-0.39, 0.29) is 0 Å². The van der Waals surface area contributed by atoms with Gasteiger partial charge in [-0.05, 0) is 0 Å². The molecule has 0 amide bonds. The van der Waals surface area contributed by atoms with E-state index in [1.165, 1.54) is 0 Å². The molecule has 0 saturated carbocycles. The van der Waals surface area contributed by atoms with Crippen molar-refractivity contribution in [3.63, 3.8) is 0 Å². The molecular formula is C16H40O6S2Si2Sn. The van der Waals surface area contributed by atoms with Gasteiger partial charge in [-0.3, -0.25) is 0 Å². The van der Waals surface area contributed by atoms with Crippen molar-refractivity contribution in [1.29, 1.82) is 0 Å². The van der Waals surface area contributed by atoms with Crippen LogP contribution < -0.4 is 0 Å². The van der Waals surface area contributed by atoms with Gasteiger partial charge in [0.1, 0.15) is 0 Å². The first kappa shape index (κ1) is 28.7. The SMILES string of the molecule is CCO[Si](C[S][Sn]([CH3])([CH3])[S]C[Si](OCC)(OCC)OCC)(OCC)OCC. The summed E-state index contributed by atoms with van der Waals surface area (Å²) in [7, 11) is -1.18. The normalized spacial score (nSPS) is 13.3. The molecular weight excluding hydrogens is 527 g/mol. The van der Waals surface area contributed by atoms with Gasteiger partial charge in [-0.15, -0.1) is 0 Å². The minimum absolute atomic E-state index is 0.616. The van der Waals surface area contributed by atoms with Crippen molar-refractivity contribution in [1.82, 2.24) is 0 Å². The number of hydrogen-bond donors (Lipinski definition) is 0. The topological polar surface area (TPSA) is 55.4 Å². The van der Waals surface area contributed by atoms with Gasteiger partial charge in [0, 0.05) is 0 Å². The second-order valence-corrected chi connectivity index (χ2v) is 41.7. The van der Waals surface area contributed by atoms with Crippen molar-refractivity contribution < 1.29 is 26.6 Å². The average Bonchev–Trinajstić information content (AvgIpc) is 2.60. The van der Waals surface area contributed by atoms with Crippen LogP contribution in [0.15, 0.2) is 0 Å². The van der Waals surface area contributed by atoms with Gasteiger partial charge in [-0.1, -0.05) is 0 Å². The molecule has 0 aliphatic rings. The molecule has 0 aromatic heterocycles. The molecule has 0 heterocycles. The van der Waals surface area contributed by atoms with Crippen LogP contribution in [-0.2, 0) is 26.6 Å². The summed E-state index contributed by atoms with van der Waals surface area (Å²) in [5.41, 5.74) is 0. The summed E-state index contributed by atoms with van der Waals surface area (Å²) in [6.45, 7) is 15.7. The molecule has 0 aromatic carbocycles. The zero-order valence-electron chi connectivity index (χ0n) is 18.4. The molecule has 6 nitrogen and oxygen atoms in total. The molecule has 0 unspecified atom stereocenters. The molecule has 0 atom stereocenters. The molecule has 0 N–H and O–H groups in total. The van der Waals surface area contributed by atoms with Crippen LogP contribution in [0, 0.1) is 0 Å². The molecule has 0 rings (SSSR count). The Kier molecular flexibility index (Phi) is 16.5. The third kappa shape index (κ3) is 11.6. The van der Waals surface area contributed by atoms with Gasteiger partial charge < -0.3 is 0 Å². The van der Waals surface area contributed by atoms with Crippen LogP contribution in [0.1, 0.15) is 41.5 Å². The molecule has 0 aliphatic carbocycles. The fourth-order valence-corrected chi connectivity index (χ4v) is 48.2. The molecule has 11 heteroatoms. The van der Waals surface area contributed by atoms with Gasteiger partial charge in [0.05, 0.1) is 0 Å². The van der Waals surface area contributed by atoms with Gasteiger partial charge >= 0.3 is 179 Å². The Hall–Kier alpha value is 1.69. The van der Waals surface area contributed by atoms with E-state index in [2.05, 4.69) is 9.88 Å². The number of rotatable bonds is 18. The van der Waals surface area contributed by atoms with Crippen LogP contribution in [0.2, 0.25) is 9.88 Å². The van der Waals surface area contributed by atoms with Crippen LogP contribution in [0.5, 0.6) is 0 Å². The van der Waals surface area contributed by atoms with Gasteiger partial charge in [-0.25, -0.2) is 0 Å². The monoisotopic (exact) mass is 568 g/mol. The summed E-state index contributed by atoms with van der Waals surface area (Å²) >= 11 is -2.49. The summed E-state index contributed by atoms with van der Waals surface area (Å²) in [5, 5.41) is 1.62. The fourth-order valence-electron chi connectivity index (χ4n) is 2.39. The van der Waals surface area contributed by atoms with Crippen molar-refractivity contribution in [3.8, 4) is 0 Å². The fraction of sp³-hybridized carbons (Fsp3) is 1.00. The Morgan fingerprint density at radius 2 is 0.741 bits per heavy atom. The van der Waals surface area contributed by atoms with E-state index in [0.717, 1.165) is 10.8 Å². The van der Waals surface area contributed by atoms with Gasteiger partial charge in [-0.2, -0.15) is 0 Å². The van der Waals surface area contributed by atoms with Gasteiger partial charge in [0.25, 0.3) is 0 Å². The van der Waals surface area contributed by atoms with E-state index in [1.807, 2.05) is 59.4 Å². The first-order valence-electron chi connectivity index (χ1n) is 9.89. The Bertz CT molecular complexity index is 317. The molecule has 0 bridgehead atoms. The molecule has 164 valence electrons. The van der Waals surface area contributed by atoms with E-state index in [1.54, 1.807) is 0 Å². The van der Waals surface area contributed by atoms with Crippen LogP contribution in [0.4, 0.5) is 0 Å². The third-order valence-electron chi connectivity index (χ3n) is 3.38. The quantitative estimate of drug-likeness (QED) is 0.227. The number of hydrogen-bond acceptors (Lipinski definition) is 8. The first-order valence-corrected chi connectivity index (χ1v) is 28.4. The van der Waals surface area contributed by atoms with Crippen LogP contribution in [0.3, 0.4) is 0 Å². The molecule has 0 aliphatic heterocycles. The maximum absolute atomic E-state index is 6.00. The minimum atomic E-state index is -2.61. The standard InChI is InChI=1S/2C7H18O3SSi.2CH3.Sn/c2*1-4-8-12(7-11,9-5-2)10-6-3;;;/h2*11H,4-7H2,1-3H3;2*1H3;/q;;;;+2/p-2. The van der Waals surface area contributed by atoms with Gasteiger partial charge in [0.15, 0.2) is 0 Å². The maximum atomic E-state index is 6.00. The second kappa shape index (κ2) is 15.5. The molecule has 27 heavy (non-hydrogen) atoms. The van der Waals surface area contributed by atoms with Gasteiger partial charge in [0.2, 0.25) is 0 Å². The van der Waals surface area contributed by atoms with E-state index in [9.17, 15) is 0 Å². The zero-order chi connectivity index (χ0) is 20.8. The van der Waals surface area contributed by atoms with Crippen molar-refractivity contribution in [2.24, 2.45) is 0 Å². The molecule has 0 spiro atoms. The predicted octanol–water partition coefficient (Wildman–Crippen LogP) is 4.33. The summed E-state index contributed by atoms with van der Waals surface area (Å²) in [6.07, 6.45) is 0. The Morgan fingerprint density at radius 1 is 0.519 bits per heavy atom. The molecule has 0 radical (unpaired) electrons. The van der Waals surface area contributed by atoms with Crippen LogP contribution in [-0.4, -0.2) is 83.6 Å². The summed E-state index contributed by atoms with van der Waals surface area (Å²) < 4.78 is 36.0. The molecule has 0 fully saturated rings. The van der Waals surface area contributed by atoms with E-state index in [4.69, 9.17) is 26.6 Å². The van der Waals surface area contributed by atoms with Crippen LogP contribution >= 0.6 is 17.9 Å². The van der Waals surface area contributed by atoms with E-state index >= 15 is 0 Å². The molecule has 0 saturated heterocycles. The summed E-state index contributed by atoms with van der Waals surface area (Å²) in [4.78, 5) is 4.83. The Morgan fingerprint density at radius 3 is 0.926 bits per heavy atom. The summed E-state index contributed by atoms with van der Waals surface area (Å²) in [6, 6.07) is 0. The van der Waals surface area contributed by atoms with Crippen molar-refractivity contribution in [3.05, 3.63) is 0 Å². The summed E-state index contributed by atoms with van der Waals surface area (Å²) in [5.74, 6) is 0. The predicted molar refractivity (Wildman–Crippen MR) is 124 cm³/mol. The zero-order valence-corrected chi connectivity index (χ0v) is 24.9. The van der Waals surface area contributed by atoms with Crippen molar-refractivity contribution in [2.45, 2.75) is 51.4 Å². The average molecular weight is 568 g/mol. The van der Waals surface area contributed by atoms with Crippen LogP contribution in [0.25, 0.3) is 0 Å². The Labute approximate surface area is 178 Å². The molecule has 0 aromatic rings. The van der Waals surface area contributed by atoms with E-state index in [0.29, 0.717) is 39.6 Å². The van der Waals surface area contributed by atoms with E-state index < -0.39 is 33.2 Å². The third-order valence-corrected chi connectivity index (χ3v) is 37.2. The van der Waals surface area contributed by atoms with Crippen molar-refractivity contribution >= 4 is 51.1 Å².